The van der Waals surface area contributed by atoms with E-state index in [-0.39, 0.29) is 22.9 Å². The van der Waals surface area contributed by atoms with Gasteiger partial charge in [0.2, 0.25) is 5.91 Å². The number of hydrogen-bond acceptors (Lipinski definition) is 11. The maximum absolute atomic E-state index is 13.2. The number of carbonyl (C=O) groups is 1. The fourth-order valence-electron chi connectivity index (χ4n) is 6.92. The number of aliphatic hydroxyl groups is 4. The lowest BCUT2D eigenvalue weighted by Crippen LogP contribution is -2.41. The standard InChI is InChI=1S/C28H34N8O7/c1-14-12-27(14,25(29)38)36-24-18(23(33-36)15-6-8-43-9-7-15)4-5-21(32-24)31-22-11-19-20(13-30-22)35(28(40,41)42)26(39)34(19)16-2-3-17(37)10-16/h4-5,11,13-17,37,40-42H,2-3,6-10,12H2,1H3,(H2,29,38)(H,30,31,32). The van der Waals surface area contributed by atoms with Gasteiger partial charge in [-0.1, -0.05) is 6.92 Å². The number of aromatic nitrogens is 6. The highest BCUT2D eigenvalue weighted by Crippen LogP contribution is 2.51. The van der Waals surface area contributed by atoms with Crippen LogP contribution in [0.1, 0.15) is 63.1 Å². The molecule has 5 heterocycles. The minimum atomic E-state index is -3.45. The predicted octanol–water partition coefficient (Wildman–Crippen LogP) is 0.431. The number of pyridine rings is 2. The molecule has 15 nitrogen and oxygen atoms in total. The normalized spacial score (nSPS) is 26.4. The molecule has 0 spiro atoms. The predicted molar refractivity (Wildman–Crippen MR) is 152 cm³/mol. The Bertz CT molecular complexity index is 1800. The summed E-state index contributed by atoms with van der Waals surface area (Å²) >= 11 is 0. The number of anilines is 2. The Kier molecular flexibility index (Phi) is 6.37. The smallest absolute Gasteiger partial charge is 0.377 e. The Morgan fingerprint density at radius 3 is 2.51 bits per heavy atom. The summed E-state index contributed by atoms with van der Waals surface area (Å²) in [6, 6.07) is 4.82. The van der Waals surface area contributed by atoms with Gasteiger partial charge in [0.15, 0.2) is 5.65 Å². The number of amides is 1. The summed E-state index contributed by atoms with van der Waals surface area (Å²) in [5.74, 6) is 0.403. The molecule has 7 rings (SSSR count). The average molecular weight is 595 g/mol. The highest BCUT2D eigenvalue weighted by molar-refractivity contribution is 5.90. The molecule has 7 N–H and O–H groups in total. The van der Waals surface area contributed by atoms with Crippen LogP contribution in [0.5, 0.6) is 0 Å². The Labute approximate surface area is 244 Å². The van der Waals surface area contributed by atoms with E-state index in [0.717, 1.165) is 23.9 Å². The largest absolute Gasteiger partial charge is 0.393 e. The first kappa shape index (κ1) is 27.9. The first-order valence-electron chi connectivity index (χ1n) is 14.5. The molecular weight excluding hydrogens is 560 g/mol. The van der Waals surface area contributed by atoms with Gasteiger partial charge < -0.3 is 36.2 Å². The van der Waals surface area contributed by atoms with Crippen molar-refractivity contribution in [2.75, 3.05) is 18.5 Å². The molecule has 4 atom stereocenters. The van der Waals surface area contributed by atoms with Crippen molar-refractivity contribution in [3.63, 3.8) is 0 Å². The number of nitrogens with zero attached hydrogens (tertiary/aromatic N) is 6. The van der Waals surface area contributed by atoms with Crippen LogP contribution < -0.4 is 16.7 Å². The summed E-state index contributed by atoms with van der Waals surface area (Å²) < 4.78 is 9.01. The van der Waals surface area contributed by atoms with Gasteiger partial charge in [0.05, 0.1) is 29.0 Å². The highest BCUT2D eigenvalue weighted by atomic mass is 16.7. The van der Waals surface area contributed by atoms with E-state index in [0.29, 0.717) is 60.7 Å². The third-order valence-corrected chi connectivity index (χ3v) is 9.30. The van der Waals surface area contributed by atoms with Crippen molar-refractivity contribution >= 4 is 39.6 Å². The topological polar surface area (TPSA) is 216 Å². The van der Waals surface area contributed by atoms with Crippen LogP contribution in [0.2, 0.25) is 0 Å². The van der Waals surface area contributed by atoms with Gasteiger partial charge in [-0.05, 0) is 56.6 Å². The monoisotopic (exact) mass is 594 g/mol. The minimum absolute atomic E-state index is 0.00171. The second kappa shape index (κ2) is 9.82. The van der Waals surface area contributed by atoms with Crippen molar-refractivity contribution in [2.24, 2.45) is 11.7 Å². The zero-order chi connectivity index (χ0) is 30.3. The first-order chi connectivity index (χ1) is 20.5. The summed E-state index contributed by atoms with van der Waals surface area (Å²) in [5, 5.41) is 48.8. The minimum Gasteiger partial charge on any atom is -0.393 e. The van der Waals surface area contributed by atoms with E-state index in [1.165, 1.54) is 10.8 Å². The van der Waals surface area contributed by atoms with Gasteiger partial charge in [-0.2, -0.15) is 5.10 Å². The third kappa shape index (κ3) is 4.41. The molecular formula is C28H34N8O7. The summed E-state index contributed by atoms with van der Waals surface area (Å²) in [6.07, 6.45) is 0.682. The van der Waals surface area contributed by atoms with Gasteiger partial charge in [0.1, 0.15) is 17.2 Å². The molecule has 3 fully saturated rings. The van der Waals surface area contributed by atoms with Crippen molar-refractivity contribution in [1.82, 2.24) is 28.9 Å². The number of imidazole rings is 1. The molecule has 3 aliphatic rings. The molecule has 43 heavy (non-hydrogen) atoms. The van der Waals surface area contributed by atoms with Crippen LogP contribution in [0.25, 0.3) is 22.1 Å². The molecule has 1 amide bonds. The van der Waals surface area contributed by atoms with Crippen molar-refractivity contribution in [2.45, 2.75) is 75.1 Å². The zero-order valence-corrected chi connectivity index (χ0v) is 23.5. The molecule has 1 aliphatic heterocycles. The molecule has 2 aliphatic carbocycles. The number of nitrogens with two attached hydrogens (primary N) is 1. The first-order valence-corrected chi connectivity index (χ1v) is 14.5. The summed E-state index contributed by atoms with van der Waals surface area (Å²) in [7, 11) is 0. The lowest BCUT2D eigenvalue weighted by molar-refractivity contribution is -0.374. The molecule has 2 saturated carbocycles. The van der Waals surface area contributed by atoms with Crippen molar-refractivity contribution in [1.29, 1.82) is 0 Å². The van der Waals surface area contributed by atoms with E-state index in [9.17, 15) is 30.0 Å². The van der Waals surface area contributed by atoms with Crippen LogP contribution in [-0.4, -0.2) is 74.5 Å². The zero-order valence-electron chi connectivity index (χ0n) is 23.5. The molecule has 228 valence electrons. The Morgan fingerprint density at radius 1 is 1.14 bits per heavy atom. The van der Waals surface area contributed by atoms with Crippen LogP contribution in [0.3, 0.4) is 0 Å². The number of hydrogen-bond donors (Lipinski definition) is 6. The van der Waals surface area contributed by atoms with Gasteiger partial charge in [0, 0.05) is 36.6 Å². The number of ether oxygens (including phenoxy) is 1. The molecule has 0 bridgehead atoms. The Balaban J connectivity index is 1.32. The van der Waals surface area contributed by atoms with Gasteiger partial charge in [0.25, 0.3) is 0 Å². The van der Waals surface area contributed by atoms with E-state index in [2.05, 4.69) is 10.3 Å². The Hall–Kier alpha value is -3.89. The second-order valence-corrected chi connectivity index (χ2v) is 12.0. The number of aliphatic hydroxyl groups excluding tert-OH is 1. The van der Waals surface area contributed by atoms with Gasteiger partial charge in [-0.3, -0.25) is 9.36 Å². The van der Waals surface area contributed by atoms with Crippen LogP contribution >= 0.6 is 0 Å². The highest BCUT2D eigenvalue weighted by Gasteiger charge is 2.60. The SMILES string of the molecule is CC1CC1(C(N)=O)n1nc(C2CCOCC2)c2ccc(Nc3cc4c(cn3)n(C(O)(O)O)c(=O)n4C3CCC(O)C3)nc21. The number of primary amides is 1. The van der Waals surface area contributed by atoms with Gasteiger partial charge in [-0.25, -0.2) is 24.0 Å². The fraction of sp³-hybridized carbons (Fsp3) is 0.536. The maximum Gasteiger partial charge on any atom is 0.377 e. The second-order valence-electron chi connectivity index (χ2n) is 12.0. The van der Waals surface area contributed by atoms with Crippen LogP contribution in [0.4, 0.5) is 11.6 Å². The number of carbonyl (C=O) groups excluding carboxylic acids is 1. The molecule has 1 saturated heterocycles. The number of nitrogens with one attached hydrogen (secondary N) is 1. The summed E-state index contributed by atoms with van der Waals surface area (Å²) in [5.41, 5.74) is 5.76. The summed E-state index contributed by atoms with van der Waals surface area (Å²) in [6.45, 7) is 3.23. The fourth-order valence-corrected chi connectivity index (χ4v) is 6.92. The van der Waals surface area contributed by atoms with Gasteiger partial charge in [-0.15, -0.1) is 0 Å². The molecule has 0 radical (unpaired) electrons. The number of rotatable bonds is 7. The van der Waals surface area contributed by atoms with Gasteiger partial charge >= 0.3 is 11.8 Å². The quantitative estimate of drug-likeness (QED) is 0.161. The van der Waals surface area contributed by atoms with Crippen LogP contribution in [0, 0.1) is 5.92 Å². The van der Waals surface area contributed by atoms with Crippen LogP contribution in [0.15, 0.2) is 29.2 Å². The number of fused-ring (bicyclic) bond motifs is 2. The maximum atomic E-state index is 13.2. The lowest BCUT2D eigenvalue weighted by Gasteiger charge is -2.20. The van der Waals surface area contributed by atoms with Crippen molar-refractivity contribution in [3.8, 4) is 0 Å². The van der Waals surface area contributed by atoms with E-state index in [4.69, 9.17) is 20.6 Å². The van der Waals surface area contributed by atoms with E-state index >= 15 is 0 Å². The van der Waals surface area contributed by atoms with E-state index in [1.807, 2.05) is 13.0 Å². The van der Waals surface area contributed by atoms with E-state index in [1.54, 1.807) is 16.8 Å². The lowest BCUT2D eigenvalue weighted by atomic mass is 9.95. The summed E-state index contributed by atoms with van der Waals surface area (Å²) in [4.78, 5) is 35.1. The van der Waals surface area contributed by atoms with Crippen LogP contribution in [-0.2, 0) is 21.2 Å². The molecule has 4 unspecified atom stereocenters. The average Bonchev–Trinajstić information content (AvgIpc) is 3.23. The Morgan fingerprint density at radius 2 is 1.88 bits per heavy atom. The van der Waals surface area contributed by atoms with E-state index < -0.39 is 35.4 Å². The third-order valence-electron chi connectivity index (χ3n) is 9.30. The molecule has 4 aromatic heterocycles. The van der Waals surface area contributed by atoms with Crippen molar-refractivity contribution in [3.05, 3.63) is 40.6 Å². The molecule has 4 aromatic rings. The van der Waals surface area contributed by atoms with Crippen molar-refractivity contribution < 1.29 is 30.0 Å². The molecule has 15 heteroatoms. The molecule has 0 aromatic carbocycles.